The number of allylic oxidation sites excluding steroid dienone is 3. The number of anilines is 1. The topological polar surface area (TPSA) is 79.2 Å². The van der Waals surface area contributed by atoms with E-state index in [4.69, 9.17) is 5.73 Å². The quantitative estimate of drug-likeness (QED) is 0.756. The summed E-state index contributed by atoms with van der Waals surface area (Å²) in [5.74, 6) is -0.817. The molecule has 5 nitrogen and oxygen atoms in total. The first-order valence-corrected chi connectivity index (χ1v) is 10.2. The smallest absolute Gasteiger partial charge is 0.271 e. The Bertz CT molecular complexity index is 1050. The van der Waals surface area contributed by atoms with Crippen molar-refractivity contribution in [3.63, 3.8) is 0 Å². The van der Waals surface area contributed by atoms with Crippen LogP contribution in [0.3, 0.4) is 0 Å². The normalized spacial score (nSPS) is 17.0. The highest BCUT2D eigenvalue weighted by atomic mass is 32.1. The van der Waals surface area contributed by atoms with E-state index in [-0.39, 0.29) is 11.1 Å². The van der Waals surface area contributed by atoms with Gasteiger partial charge in [-0.2, -0.15) is 0 Å². The minimum Gasteiger partial charge on any atom is -0.354 e. The van der Waals surface area contributed by atoms with Gasteiger partial charge in [-0.3, -0.25) is 14.0 Å². The van der Waals surface area contributed by atoms with Gasteiger partial charge in [-0.15, -0.1) is 0 Å². The van der Waals surface area contributed by atoms with E-state index in [0.717, 1.165) is 24.0 Å². The minimum atomic E-state index is -0.427. The maximum absolute atomic E-state index is 14.7. The van der Waals surface area contributed by atoms with Crippen molar-refractivity contribution in [1.82, 2.24) is 4.37 Å². The van der Waals surface area contributed by atoms with E-state index >= 15 is 0 Å². The van der Waals surface area contributed by atoms with Crippen molar-refractivity contribution in [2.24, 2.45) is 5.73 Å². The number of nitrogens with two attached hydrogens (primary N) is 1. The number of aromatic nitrogens is 1. The molecular weight excluding hydrogens is 377 g/mol. The number of aromatic amines is 1. The van der Waals surface area contributed by atoms with Crippen molar-refractivity contribution in [2.45, 2.75) is 38.8 Å². The number of nitrogens with zero attached hydrogens (tertiary/aromatic N) is 1. The Morgan fingerprint density at radius 1 is 1.39 bits per heavy atom. The second kappa shape index (κ2) is 7.48. The summed E-state index contributed by atoms with van der Waals surface area (Å²) in [5, 5.41) is 0.679. The number of H-pyrrole nitrogens is 1. The third-order valence-corrected chi connectivity index (χ3v) is 6.11. The number of rotatable bonds is 5. The highest BCUT2D eigenvalue weighted by Gasteiger charge is 2.37. The fourth-order valence-electron chi connectivity index (χ4n) is 3.43. The lowest BCUT2D eigenvalue weighted by Gasteiger charge is -2.22. The van der Waals surface area contributed by atoms with Crippen LogP contribution in [0.15, 0.2) is 40.7 Å². The van der Waals surface area contributed by atoms with E-state index in [0.29, 0.717) is 36.1 Å². The van der Waals surface area contributed by atoms with Crippen LogP contribution in [-0.2, 0) is 13.0 Å². The number of hydrogen-bond acceptors (Lipinski definition) is 5. The predicted octanol–water partition coefficient (Wildman–Crippen LogP) is 3.29. The number of fused-ring (bicyclic) bond motifs is 2. The zero-order valence-electron chi connectivity index (χ0n) is 15.6. The maximum atomic E-state index is 14.7. The van der Waals surface area contributed by atoms with Gasteiger partial charge in [0.2, 0.25) is 5.78 Å². The third-order valence-electron chi connectivity index (χ3n) is 5.19. The van der Waals surface area contributed by atoms with Crippen LogP contribution in [0.2, 0.25) is 0 Å². The Labute approximate surface area is 166 Å². The van der Waals surface area contributed by atoms with Crippen LogP contribution < -0.4 is 16.2 Å². The predicted molar refractivity (Wildman–Crippen MR) is 110 cm³/mol. The van der Waals surface area contributed by atoms with Crippen molar-refractivity contribution in [3.05, 3.63) is 74.4 Å². The molecule has 28 heavy (non-hydrogen) atoms. The van der Waals surface area contributed by atoms with Gasteiger partial charge < -0.3 is 10.6 Å². The second-order valence-electron chi connectivity index (χ2n) is 7.35. The molecule has 2 aliphatic rings. The zero-order chi connectivity index (χ0) is 19.8. The van der Waals surface area contributed by atoms with Gasteiger partial charge in [0.05, 0.1) is 0 Å². The zero-order valence-corrected chi connectivity index (χ0v) is 16.4. The Morgan fingerprint density at radius 2 is 2.18 bits per heavy atom. The van der Waals surface area contributed by atoms with E-state index in [9.17, 15) is 14.0 Å². The molecule has 0 spiro atoms. The Morgan fingerprint density at radius 3 is 2.89 bits per heavy atom. The van der Waals surface area contributed by atoms with Gasteiger partial charge in [0.25, 0.3) is 5.56 Å². The number of ketones is 1. The molecular formula is C21H22FN3O2S. The van der Waals surface area contributed by atoms with Crippen LogP contribution in [0, 0.1) is 5.82 Å². The van der Waals surface area contributed by atoms with Crippen LogP contribution in [-0.4, -0.2) is 22.7 Å². The number of halogens is 1. The molecule has 1 aliphatic carbocycles. The molecule has 2 heterocycles. The molecule has 3 N–H and O–H groups in total. The van der Waals surface area contributed by atoms with Gasteiger partial charge >= 0.3 is 0 Å². The number of hydrogen-bond donors (Lipinski definition) is 2. The molecule has 4 rings (SSSR count). The van der Waals surface area contributed by atoms with Crippen molar-refractivity contribution in [3.8, 4) is 0 Å². The van der Waals surface area contributed by atoms with Crippen molar-refractivity contribution >= 4 is 22.3 Å². The molecule has 0 amide bonds. The number of carbonyl (C=O) groups excluding carboxylic acids is 1. The van der Waals surface area contributed by atoms with E-state index < -0.39 is 17.2 Å². The molecule has 1 aromatic carbocycles. The summed E-state index contributed by atoms with van der Waals surface area (Å²) < 4.78 is 17.3. The molecule has 2 aromatic rings. The van der Waals surface area contributed by atoms with Crippen LogP contribution in [0.4, 0.5) is 9.39 Å². The average molecular weight is 399 g/mol. The molecule has 0 bridgehead atoms. The number of benzene rings is 1. The van der Waals surface area contributed by atoms with E-state index in [1.165, 1.54) is 17.6 Å². The summed E-state index contributed by atoms with van der Waals surface area (Å²) in [6, 6.07) is 3.40. The summed E-state index contributed by atoms with van der Waals surface area (Å²) in [4.78, 5) is 27.3. The van der Waals surface area contributed by atoms with Crippen molar-refractivity contribution < 1.29 is 9.18 Å². The molecule has 1 saturated carbocycles. The summed E-state index contributed by atoms with van der Waals surface area (Å²) in [6.07, 6.45) is 8.16. The highest BCUT2D eigenvalue weighted by molar-refractivity contribution is 7.10. The van der Waals surface area contributed by atoms with Gasteiger partial charge in [-0.1, -0.05) is 29.9 Å². The first-order chi connectivity index (χ1) is 13.5. The first kappa shape index (κ1) is 18.8. The summed E-state index contributed by atoms with van der Waals surface area (Å²) >= 11 is 1.19. The Kier molecular flexibility index (Phi) is 5.03. The molecule has 0 atom stereocenters. The van der Waals surface area contributed by atoms with Crippen LogP contribution in [0.5, 0.6) is 0 Å². The molecule has 0 unspecified atom stereocenters. The van der Waals surface area contributed by atoms with Gasteiger partial charge in [0, 0.05) is 24.7 Å². The third kappa shape index (κ3) is 3.47. The Hall–Kier alpha value is -2.51. The van der Waals surface area contributed by atoms with Gasteiger partial charge in [-0.25, -0.2) is 4.39 Å². The average Bonchev–Trinajstić information content (AvgIpc) is 3.46. The minimum absolute atomic E-state index is 0.144. The van der Waals surface area contributed by atoms with Gasteiger partial charge in [-0.05, 0) is 54.9 Å². The van der Waals surface area contributed by atoms with Crippen LogP contribution in [0.25, 0.3) is 0 Å². The molecule has 7 heteroatoms. The summed E-state index contributed by atoms with van der Waals surface area (Å²) in [6.45, 7) is 2.93. The van der Waals surface area contributed by atoms with E-state index in [1.807, 2.05) is 25.2 Å². The highest BCUT2D eigenvalue weighted by Crippen LogP contribution is 2.39. The Balaban J connectivity index is 1.70. The molecule has 1 aliphatic heterocycles. The monoisotopic (exact) mass is 399 g/mol. The van der Waals surface area contributed by atoms with Crippen molar-refractivity contribution in [1.29, 1.82) is 0 Å². The number of carbonyl (C=O) groups is 1. The molecule has 1 fully saturated rings. The van der Waals surface area contributed by atoms with E-state index in [1.54, 1.807) is 6.07 Å². The first-order valence-electron chi connectivity index (χ1n) is 9.36. The lowest BCUT2D eigenvalue weighted by atomic mass is 9.97. The molecule has 0 saturated heterocycles. The lowest BCUT2D eigenvalue weighted by molar-refractivity contribution is 0.103. The van der Waals surface area contributed by atoms with Gasteiger partial charge in [0.15, 0.2) is 0 Å². The van der Waals surface area contributed by atoms with E-state index in [2.05, 4.69) is 9.27 Å². The standard InChI is InChI=1S/C21H22FN3O2S/c1-12(10-23)4-2-3-5-13-8-14-11-25(15-6-7-15)21-18(20(27)24-28-21)19(26)16(14)9-17(13)22/h2-4,8-9,15H,5-7,10-11,23H2,1H3,(H,24,27)/b3-2-,12-4+. The second-order valence-corrected chi connectivity index (χ2v) is 8.15. The maximum Gasteiger partial charge on any atom is 0.271 e. The summed E-state index contributed by atoms with van der Waals surface area (Å²) in [7, 11) is 0. The fourth-order valence-corrected chi connectivity index (χ4v) is 4.34. The molecule has 0 radical (unpaired) electrons. The molecule has 146 valence electrons. The largest absolute Gasteiger partial charge is 0.354 e. The lowest BCUT2D eigenvalue weighted by Crippen LogP contribution is -2.24. The summed E-state index contributed by atoms with van der Waals surface area (Å²) in [5.41, 5.74) is 7.95. The fraction of sp³-hybridized carbons (Fsp3) is 0.333. The van der Waals surface area contributed by atoms with Crippen molar-refractivity contribution in [2.75, 3.05) is 11.4 Å². The molecule has 1 aromatic heterocycles. The van der Waals surface area contributed by atoms with Crippen LogP contribution >= 0.6 is 11.5 Å². The van der Waals surface area contributed by atoms with Crippen LogP contribution in [0.1, 0.15) is 46.8 Å². The van der Waals surface area contributed by atoms with Gasteiger partial charge in [0.1, 0.15) is 16.4 Å². The number of nitrogens with one attached hydrogen (secondary N) is 1. The SMILES string of the molecule is C/C(=C\C=C/Cc1cc2c(cc1F)C(=O)c1c(s[nH]c1=O)N(C1CC1)C2)CN.